The average Bonchev–Trinajstić information content (AvgIpc) is 2.86. The van der Waals surface area contributed by atoms with Gasteiger partial charge in [0.15, 0.2) is 16.4 Å². The van der Waals surface area contributed by atoms with Crippen LogP contribution in [0.1, 0.15) is 34.8 Å². The third kappa shape index (κ3) is 6.06. The molecule has 2 amide bonds. The summed E-state index contributed by atoms with van der Waals surface area (Å²) in [4.78, 5) is 35.6. The van der Waals surface area contributed by atoms with E-state index in [9.17, 15) is 22.8 Å². The van der Waals surface area contributed by atoms with Gasteiger partial charge in [0.1, 0.15) is 6.54 Å². The largest absolute Gasteiger partial charge is 0.454 e. The van der Waals surface area contributed by atoms with Gasteiger partial charge in [-0.25, -0.2) is 8.42 Å². The predicted octanol–water partition coefficient (Wildman–Crippen LogP) is 0.270. The maximum atomic E-state index is 12.0. The van der Waals surface area contributed by atoms with Gasteiger partial charge in [0.25, 0.3) is 11.8 Å². The Labute approximate surface area is 158 Å². The summed E-state index contributed by atoms with van der Waals surface area (Å²) in [5.41, 5.74) is 1.60. The molecule has 0 radical (unpaired) electrons. The van der Waals surface area contributed by atoms with Crippen LogP contribution in [0.25, 0.3) is 0 Å². The molecule has 1 heterocycles. The van der Waals surface area contributed by atoms with Gasteiger partial charge in [0, 0.05) is 5.56 Å². The maximum absolute atomic E-state index is 12.0. The van der Waals surface area contributed by atoms with Crippen molar-refractivity contribution in [2.45, 2.75) is 32.7 Å². The number of carbonyl (C=O) groups is 3. The maximum Gasteiger partial charge on any atom is 0.325 e. The second kappa shape index (κ2) is 8.08. The SMILES string of the molecule is Cc1ccc(C(=O)NCC(=O)OCC(=O)N[C@@]2(C)CCS(=O)(=O)C2)cc1C. The number of esters is 1. The molecule has 0 aliphatic carbocycles. The Hall–Kier alpha value is -2.42. The van der Waals surface area contributed by atoms with Gasteiger partial charge in [-0.3, -0.25) is 14.4 Å². The number of hydrogen-bond acceptors (Lipinski definition) is 6. The van der Waals surface area contributed by atoms with Crippen LogP contribution in [0.2, 0.25) is 0 Å². The Morgan fingerprint density at radius 3 is 2.48 bits per heavy atom. The van der Waals surface area contributed by atoms with Crippen LogP contribution in [0.3, 0.4) is 0 Å². The minimum Gasteiger partial charge on any atom is -0.454 e. The smallest absolute Gasteiger partial charge is 0.325 e. The van der Waals surface area contributed by atoms with Crippen LogP contribution in [0.15, 0.2) is 18.2 Å². The number of benzene rings is 1. The number of aryl methyl sites for hydroxylation is 2. The monoisotopic (exact) mass is 396 g/mol. The standard InChI is InChI=1S/C18H24N2O6S/c1-12-4-5-14(8-13(12)2)17(23)19-9-16(22)26-10-15(21)20-18(3)6-7-27(24,25)11-18/h4-5,8H,6-7,9-11H2,1-3H3,(H,19,23)(H,20,21)/t18-/m0/s1. The van der Waals surface area contributed by atoms with Gasteiger partial charge >= 0.3 is 5.97 Å². The average molecular weight is 396 g/mol. The van der Waals surface area contributed by atoms with Crippen molar-refractivity contribution in [3.63, 3.8) is 0 Å². The van der Waals surface area contributed by atoms with Gasteiger partial charge in [-0.2, -0.15) is 0 Å². The van der Waals surface area contributed by atoms with E-state index >= 15 is 0 Å². The quantitative estimate of drug-likeness (QED) is 0.667. The lowest BCUT2D eigenvalue weighted by Gasteiger charge is -2.23. The van der Waals surface area contributed by atoms with E-state index in [0.29, 0.717) is 12.0 Å². The van der Waals surface area contributed by atoms with Crippen LogP contribution in [-0.2, 0) is 24.2 Å². The molecule has 9 heteroatoms. The molecule has 0 aromatic heterocycles. The van der Waals surface area contributed by atoms with E-state index in [1.54, 1.807) is 19.1 Å². The third-order valence-corrected chi connectivity index (χ3v) is 6.37. The Balaban J connectivity index is 1.75. The van der Waals surface area contributed by atoms with E-state index in [1.807, 2.05) is 19.9 Å². The summed E-state index contributed by atoms with van der Waals surface area (Å²) < 4.78 is 27.9. The van der Waals surface area contributed by atoms with Crippen molar-refractivity contribution in [2.75, 3.05) is 24.7 Å². The molecule has 2 rings (SSSR count). The fourth-order valence-corrected chi connectivity index (χ4v) is 4.91. The van der Waals surface area contributed by atoms with E-state index in [-0.39, 0.29) is 18.1 Å². The van der Waals surface area contributed by atoms with Crippen molar-refractivity contribution >= 4 is 27.6 Å². The molecule has 148 valence electrons. The molecular weight excluding hydrogens is 372 g/mol. The molecule has 1 aromatic rings. The number of sulfone groups is 1. The van der Waals surface area contributed by atoms with Gasteiger partial charge in [0.05, 0.1) is 17.0 Å². The summed E-state index contributed by atoms with van der Waals surface area (Å²) in [6, 6.07) is 5.20. The topological polar surface area (TPSA) is 119 Å². The van der Waals surface area contributed by atoms with Crippen molar-refractivity contribution in [1.29, 1.82) is 0 Å². The van der Waals surface area contributed by atoms with Gasteiger partial charge < -0.3 is 15.4 Å². The summed E-state index contributed by atoms with van der Waals surface area (Å²) >= 11 is 0. The molecule has 0 spiro atoms. The molecule has 1 fully saturated rings. The summed E-state index contributed by atoms with van der Waals surface area (Å²) in [5, 5.41) is 5.02. The first-order chi connectivity index (χ1) is 12.5. The van der Waals surface area contributed by atoms with Gasteiger partial charge in [-0.05, 0) is 50.5 Å². The molecule has 0 saturated carbocycles. The first-order valence-corrected chi connectivity index (χ1v) is 10.3. The van der Waals surface area contributed by atoms with E-state index in [4.69, 9.17) is 4.74 Å². The van der Waals surface area contributed by atoms with E-state index in [1.165, 1.54) is 0 Å². The lowest BCUT2D eigenvalue weighted by atomic mass is 10.0. The molecule has 1 saturated heterocycles. The van der Waals surface area contributed by atoms with Gasteiger partial charge in [-0.15, -0.1) is 0 Å². The molecule has 1 aliphatic heterocycles. The van der Waals surface area contributed by atoms with Crippen LogP contribution in [0, 0.1) is 13.8 Å². The zero-order chi connectivity index (χ0) is 20.2. The highest BCUT2D eigenvalue weighted by Crippen LogP contribution is 2.22. The van der Waals surface area contributed by atoms with Crippen molar-refractivity contribution in [1.82, 2.24) is 10.6 Å². The third-order valence-electron chi connectivity index (χ3n) is 4.47. The fourth-order valence-electron chi connectivity index (χ4n) is 2.82. The molecule has 8 nitrogen and oxygen atoms in total. The minimum atomic E-state index is -3.15. The Morgan fingerprint density at radius 2 is 1.89 bits per heavy atom. The Kier molecular flexibility index (Phi) is 6.25. The van der Waals surface area contributed by atoms with Crippen LogP contribution in [-0.4, -0.2) is 56.4 Å². The Bertz CT molecular complexity index is 865. The molecule has 1 aliphatic rings. The second-order valence-electron chi connectivity index (χ2n) is 7.09. The highest BCUT2D eigenvalue weighted by molar-refractivity contribution is 7.91. The first-order valence-electron chi connectivity index (χ1n) is 8.52. The number of carbonyl (C=O) groups excluding carboxylic acids is 3. The van der Waals surface area contributed by atoms with Crippen LogP contribution < -0.4 is 10.6 Å². The zero-order valence-corrected chi connectivity index (χ0v) is 16.4. The zero-order valence-electron chi connectivity index (χ0n) is 15.6. The van der Waals surface area contributed by atoms with Crippen molar-refractivity contribution in [3.05, 3.63) is 34.9 Å². The summed E-state index contributed by atoms with van der Waals surface area (Å²) in [5.74, 6) is -1.86. The molecule has 1 aromatic carbocycles. The Morgan fingerprint density at radius 1 is 1.19 bits per heavy atom. The highest BCUT2D eigenvalue weighted by Gasteiger charge is 2.39. The number of hydrogen-bond donors (Lipinski definition) is 2. The van der Waals surface area contributed by atoms with Crippen LogP contribution in [0.4, 0.5) is 0 Å². The number of amides is 2. The lowest BCUT2D eigenvalue weighted by molar-refractivity contribution is -0.147. The second-order valence-corrected chi connectivity index (χ2v) is 9.28. The normalized spacial score (nSPS) is 20.7. The van der Waals surface area contributed by atoms with Crippen LogP contribution in [0.5, 0.6) is 0 Å². The van der Waals surface area contributed by atoms with E-state index < -0.39 is 39.8 Å². The molecule has 27 heavy (non-hydrogen) atoms. The number of nitrogens with one attached hydrogen (secondary N) is 2. The fraction of sp³-hybridized carbons (Fsp3) is 0.500. The predicted molar refractivity (Wildman–Crippen MR) is 99.0 cm³/mol. The van der Waals surface area contributed by atoms with Crippen LogP contribution >= 0.6 is 0 Å². The summed E-state index contributed by atoms with van der Waals surface area (Å²) in [7, 11) is -3.15. The lowest BCUT2D eigenvalue weighted by Crippen LogP contribution is -2.48. The molecule has 2 N–H and O–H groups in total. The van der Waals surface area contributed by atoms with Crippen molar-refractivity contribution in [2.24, 2.45) is 0 Å². The molecule has 0 bridgehead atoms. The van der Waals surface area contributed by atoms with Gasteiger partial charge in [-0.1, -0.05) is 6.07 Å². The molecule has 0 unspecified atom stereocenters. The number of rotatable bonds is 6. The summed E-state index contributed by atoms with van der Waals surface area (Å²) in [6.07, 6.45) is 0.320. The highest BCUT2D eigenvalue weighted by atomic mass is 32.2. The van der Waals surface area contributed by atoms with E-state index in [0.717, 1.165) is 11.1 Å². The van der Waals surface area contributed by atoms with Gasteiger partial charge in [0.2, 0.25) is 0 Å². The minimum absolute atomic E-state index is 0.0219. The van der Waals surface area contributed by atoms with Crippen molar-refractivity contribution < 1.29 is 27.5 Å². The molecular formula is C18H24N2O6S. The molecule has 1 atom stereocenters. The number of ether oxygens (including phenoxy) is 1. The van der Waals surface area contributed by atoms with Crippen molar-refractivity contribution in [3.8, 4) is 0 Å². The summed E-state index contributed by atoms with van der Waals surface area (Å²) in [6.45, 7) is 4.55. The van der Waals surface area contributed by atoms with E-state index in [2.05, 4.69) is 10.6 Å². The first kappa shape index (κ1) is 20.9.